The first-order valence-corrected chi connectivity index (χ1v) is 8.20. The normalized spacial score (nSPS) is 11.4. The van der Waals surface area contributed by atoms with Gasteiger partial charge in [-0.3, -0.25) is 4.79 Å². The molecule has 6 nitrogen and oxygen atoms in total. The van der Waals surface area contributed by atoms with Crippen LogP contribution in [-0.4, -0.2) is 31.2 Å². The highest BCUT2D eigenvalue weighted by atomic mass is 19.1. The lowest BCUT2D eigenvalue weighted by Crippen LogP contribution is -2.32. The molecule has 0 radical (unpaired) electrons. The van der Waals surface area contributed by atoms with E-state index < -0.39 is 36.2 Å². The van der Waals surface area contributed by atoms with Crippen LogP contribution in [0.25, 0.3) is 0 Å². The van der Waals surface area contributed by atoms with E-state index in [9.17, 15) is 18.4 Å². The summed E-state index contributed by atoms with van der Waals surface area (Å²) in [5.41, 5.74) is -0.339. The van der Waals surface area contributed by atoms with Gasteiger partial charge in [0, 0.05) is 6.07 Å². The average Bonchev–Trinajstić information content (AvgIpc) is 2.64. The van der Waals surface area contributed by atoms with E-state index in [-0.39, 0.29) is 5.69 Å². The van der Waals surface area contributed by atoms with Gasteiger partial charge in [0.1, 0.15) is 23.1 Å². The maximum absolute atomic E-state index is 13.5. The average molecular weight is 379 g/mol. The minimum absolute atomic E-state index is 0.339. The molecule has 0 unspecified atom stereocenters. The zero-order chi connectivity index (χ0) is 19.8. The Balaban J connectivity index is 1.82. The van der Waals surface area contributed by atoms with E-state index in [4.69, 9.17) is 14.2 Å². The zero-order valence-corrected chi connectivity index (χ0v) is 14.8. The number of rotatable bonds is 8. The van der Waals surface area contributed by atoms with Crippen LogP contribution in [0.4, 0.5) is 14.5 Å². The van der Waals surface area contributed by atoms with Crippen molar-refractivity contribution in [3.05, 3.63) is 54.1 Å². The Morgan fingerprint density at radius 3 is 2.30 bits per heavy atom. The molecule has 2 aromatic rings. The molecule has 27 heavy (non-hydrogen) atoms. The molecule has 0 aliphatic carbocycles. The monoisotopic (exact) mass is 379 g/mol. The second-order valence-electron chi connectivity index (χ2n) is 5.44. The number of ether oxygens (including phenoxy) is 3. The Morgan fingerprint density at radius 1 is 1.04 bits per heavy atom. The van der Waals surface area contributed by atoms with Crippen LogP contribution in [0.3, 0.4) is 0 Å². The van der Waals surface area contributed by atoms with Crippen molar-refractivity contribution in [2.45, 2.75) is 20.0 Å². The van der Waals surface area contributed by atoms with Crippen molar-refractivity contribution in [2.24, 2.45) is 0 Å². The number of nitrogens with one attached hydrogen (secondary N) is 1. The van der Waals surface area contributed by atoms with Crippen molar-refractivity contribution < 1.29 is 32.6 Å². The van der Waals surface area contributed by atoms with Gasteiger partial charge in [0.05, 0.1) is 12.3 Å². The number of amides is 1. The van der Waals surface area contributed by atoms with Gasteiger partial charge < -0.3 is 19.5 Å². The molecule has 0 aromatic heterocycles. The Bertz CT molecular complexity index is 795. The minimum Gasteiger partial charge on any atom is -0.494 e. The molecular formula is C19H19F2NO5. The SMILES string of the molecule is CCOc1ccc(OCC(=O)O[C@H](C)C(=O)Nc2cc(F)ccc2F)cc1. The van der Waals surface area contributed by atoms with Gasteiger partial charge in [-0.2, -0.15) is 0 Å². The number of carbonyl (C=O) groups excluding carboxylic acids is 2. The lowest BCUT2D eigenvalue weighted by atomic mass is 10.2. The quantitative estimate of drug-likeness (QED) is 0.713. The number of benzene rings is 2. The number of hydrogen-bond donors (Lipinski definition) is 1. The third-order valence-corrected chi connectivity index (χ3v) is 3.36. The van der Waals surface area contributed by atoms with E-state index in [0.29, 0.717) is 18.1 Å². The molecule has 0 spiro atoms. The molecule has 2 rings (SSSR count). The fourth-order valence-corrected chi connectivity index (χ4v) is 2.05. The van der Waals surface area contributed by atoms with Crippen LogP contribution in [0.2, 0.25) is 0 Å². The molecule has 0 fully saturated rings. The second kappa shape index (κ2) is 9.51. The molecule has 0 aliphatic heterocycles. The van der Waals surface area contributed by atoms with E-state index in [1.165, 1.54) is 6.92 Å². The van der Waals surface area contributed by atoms with Crippen LogP contribution >= 0.6 is 0 Å². The van der Waals surface area contributed by atoms with Crippen LogP contribution in [0.5, 0.6) is 11.5 Å². The third-order valence-electron chi connectivity index (χ3n) is 3.36. The van der Waals surface area contributed by atoms with Crippen molar-refractivity contribution >= 4 is 17.6 Å². The molecule has 8 heteroatoms. The topological polar surface area (TPSA) is 73.9 Å². The van der Waals surface area contributed by atoms with Crippen LogP contribution < -0.4 is 14.8 Å². The molecule has 2 aromatic carbocycles. The molecule has 0 saturated carbocycles. The first-order chi connectivity index (χ1) is 12.9. The first kappa shape index (κ1) is 20.2. The van der Waals surface area contributed by atoms with Crippen molar-refractivity contribution in [3.63, 3.8) is 0 Å². The summed E-state index contributed by atoms with van der Waals surface area (Å²) in [6.07, 6.45) is -1.22. The Morgan fingerprint density at radius 2 is 1.67 bits per heavy atom. The van der Waals surface area contributed by atoms with Gasteiger partial charge in [-0.1, -0.05) is 0 Å². The van der Waals surface area contributed by atoms with Gasteiger partial charge in [-0.15, -0.1) is 0 Å². The molecule has 0 heterocycles. The highest BCUT2D eigenvalue weighted by Gasteiger charge is 2.19. The largest absolute Gasteiger partial charge is 0.494 e. The third kappa shape index (κ3) is 6.25. The van der Waals surface area contributed by atoms with Crippen LogP contribution in [0.15, 0.2) is 42.5 Å². The highest BCUT2D eigenvalue weighted by molar-refractivity contribution is 5.95. The number of esters is 1. The number of hydrogen-bond acceptors (Lipinski definition) is 5. The maximum atomic E-state index is 13.5. The van der Waals surface area contributed by atoms with Gasteiger partial charge in [0.25, 0.3) is 5.91 Å². The summed E-state index contributed by atoms with van der Waals surface area (Å²) in [5, 5.41) is 2.16. The van der Waals surface area contributed by atoms with Gasteiger partial charge in [0.15, 0.2) is 12.7 Å². The summed E-state index contributed by atoms with van der Waals surface area (Å²) < 4.78 is 42.1. The summed E-state index contributed by atoms with van der Waals surface area (Å²) in [5.74, 6) is -2.00. The van der Waals surface area contributed by atoms with Crippen LogP contribution in [-0.2, 0) is 14.3 Å². The fraction of sp³-hybridized carbons (Fsp3) is 0.263. The second-order valence-corrected chi connectivity index (χ2v) is 5.44. The molecule has 1 atom stereocenters. The summed E-state index contributed by atoms with van der Waals surface area (Å²) in [7, 11) is 0. The predicted molar refractivity (Wildman–Crippen MR) is 93.6 cm³/mol. The Hall–Kier alpha value is -3.16. The Kier molecular flexibility index (Phi) is 7.10. The van der Waals surface area contributed by atoms with Gasteiger partial charge in [-0.25, -0.2) is 13.6 Å². The highest BCUT2D eigenvalue weighted by Crippen LogP contribution is 2.18. The van der Waals surface area contributed by atoms with Crippen molar-refractivity contribution in [3.8, 4) is 11.5 Å². The summed E-state index contributed by atoms with van der Waals surface area (Å²) in [6, 6.07) is 9.26. The minimum atomic E-state index is -1.22. The maximum Gasteiger partial charge on any atom is 0.344 e. The van der Waals surface area contributed by atoms with E-state index >= 15 is 0 Å². The van der Waals surface area contributed by atoms with E-state index in [0.717, 1.165) is 18.2 Å². The molecule has 0 bridgehead atoms. The number of anilines is 1. The van der Waals surface area contributed by atoms with Crippen LogP contribution in [0.1, 0.15) is 13.8 Å². The standard InChI is InChI=1S/C19H19F2NO5/c1-3-25-14-5-7-15(8-6-14)26-11-18(23)27-12(2)19(24)22-17-10-13(20)4-9-16(17)21/h4-10,12H,3,11H2,1-2H3,(H,22,24)/t12-/m1/s1. The summed E-state index contributed by atoms with van der Waals surface area (Å²) >= 11 is 0. The van der Waals surface area contributed by atoms with Crippen molar-refractivity contribution in [2.75, 3.05) is 18.5 Å². The fourth-order valence-electron chi connectivity index (χ4n) is 2.05. The smallest absolute Gasteiger partial charge is 0.344 e. The van der Waals surface area contributed by atoms with Gasteiger partial charge in [-0.05, 0) is 50.2 Å². The van der Waals surface area contributed by atoms with E-state index in [2.05, 4.69) is 5.32 Å². The van der Waals surface area contributed by atoms with Crippen molar-refractivity contribution in [1.29, 1.82) is 0 Å². The first-order valence-electron chi connectivity index (χ1n) is 8.20. The molecule has 1 amide bonds. The molecule has 0 aliphatic rings. The lowest BCUT2D eigenvalue weighted by molar-refractivity contribution is -0.155. The molecule has 144 valence electrons. The van der Waals surface area contributed by atoms with Crippen LogP contribution in [0, 0.1) is 11.6 Å². The van der Waals surface area contributed by atoms with E-state index in [1.807, 2.05) is 6.92 Å². The Labute approximate surface area is 155 Å². The number of carbonyl (C=O) groups is 2. The molecular weight excluding hydrogens is 360 g/mol. The summed E-state index contributed by atoms with van der Waals surface area (Å²) in [6.45, 7) is 3.29. The predicted octanol–water partition coefficient (Wildman–Crippen LogP) is 3.31. The van der Waals surface area contributed by atoms with E-state index in [1.54, 1.807) is 24.3 Å². The van der Waals surface area contributed by atoms with Crippen molar-refractivity contribution in [1.82, 2.24) is 0 Å². The van der Waals surface area contributed by atoms with Gasteiger partial charge >= 0.3 is 5.97 Å². The zero-order valence-electron chi connectivity index (χ0n) is 14.8. The lowest BCUT2D eigenvalue weighted by Gasteiger charge is -2.14. The molecule has 1 N–H and O–H groups in total. The summed E-state index contributed by atoms with van der Waals surface area (Å²) in [4.78, 5) is 23.7. The molecule has 0 saturated heterocycles. The van der Waals surface area contributed by atoms with Gasteiger partial charge in [0.2, 0.25) is 0 Å². The number of halogens is 2.